The first-order valence-corrected chi connectivity index (χ1v) is 9.95. The summed E-state index contributed by atoms with van der Waals surface area (Å²) < 4.78 is 17.9. The van der Waals surface area contributed by atoms with Crippen LogP contribution < -0.4 is 9.47 Å². The number of hydrogen-bond donors (Lipinski definition) is 0. The van der Waals surface area contributed by atoms with Gasteiger partial charge < -0.3 is 23.7 Å². The molecule has 0 N–H and O–H groups in total. The summed E-state index contributed by atoms with van der Waals surface area (Å²) in [5.74, 6) is 0.690. The molecular weight excluding hydrogens is 410 g/mol. The average molecular weight is 428 g/mol. The Morgan fingerprint density at radius 2 is 2.00 bits per heavy atom. The van der Waals surface area contributed by atoms with E-state index in [4.69, 9.17) is 30.8 Å². The van der Waals surface area contributed by atoms with Gasteiger partial charge >= 0.3 is 5.97 Å². The molecule has 8 nitrogen and oxygen atoms in total. The first-order chi connectivity index (χ1) is 14.6. The van der Waals surface area contributed by atoms with Crippen LogP contribution in [-0.4, -0.2) is 52.2 Å². The number of fused-ring (bicyclic) bond motifs is 4. The Labute approximate surface area is 176 Å². The Hall–Kier alpha value is -3.26. The largest absolute Gasteiger partial charge is 0.467 e. The van der Waals surface area contributed by atoms with Crippen molar-refractivity contribution in [2.24, 2.45) is 0 Å². The Morgan fingerprint density at radius 1 is 1.20 bits per heavy atom. The molecule has 30 heavy (non-hydrogen) atoms. The minimum absolute atomic E-state index is 0.136. The molecule has 0 fully saturated rings. The molecule has 0 radical (unpaired) electrons. The van der Waals surface area contributed by atoms with Gasteiger partial charge in [-0.1, -0.05) is 18.2 Å². The molecule has 1 aromatic heterocycles. The van der Waals surface area contributed by atoms with Crippen LogP contribution in [0.1, 0.15) is 17.4 Å². The van der Waals surface area contributed by atoms with E-state index in [1.54, 1.807) is 6.07 Å². The van der Waals surface area contributed by atoms with Crippen LogP contribution in [0.5, 0.6) is 11.5 Å². The molecule has 5 rings (SSSR count). The lowest BCUT2D eigenvalue weighted by Crippen LogP contribution is -2.54. The van der Waals surface area contributed by atoms with Crippen molar-refractivity contribution < 1.29 is 23.8 Å². The molecule has 3 heterocycles. The molecule has 2 aliphatic heterocycles. The van der Waals surface area contributed by atoms with E-state index in [0.29, 0.717) is 17.3 Å². The molecule has 0 saturated carbocycles. The molecule has 0 spiro atoms. The molecule has 1 amide bonds. The SMILES string of the molecule is COC(=O)C1Cn2c(nc3ccccc32)C(c2ccc3c(c2)OCO3)N1C(=O)CCl. The third-order valence-electron chi connectivity index (χ3n) is 5.49. The van der Waals surface area contributed by atoms with E-state index < -0.39 is 18.1 Å². The summed E-state index contributed by atoms with van der Waals surface area (Å²) in [5, 5.41) is 0. The van der Waals surface area contributed by atoms with Gasteiger partial charge in [-0.2, -0.15) is 0 Å². The summed E-state index contributed by atoms with van der Waals surface area (Å²) in [6.07, 6.45) is 0. The number of benzene rings is 2. The maximum Gasteiger partial charge on any atom is 0.330 e. The zero-order chi connectivity index (χ0) is 20.8. The molecule has 0 bridgehead atoms. The molecule has 9 heteroatoms. The topological polar surface area (TPSA) is 82.9 Å². The van der Waals surface area contributed by atoms with Crippen LogP contribution in [0.15, 0.2) is 42.5 Å². The van der Waals surface area contributed by atoms with Gasteiger partial charge in [0.25, 0.3) is 0 Å². The number of aromatic nitrogens is 2. The number of rotatable bonds is 3. The maximum absolute atomic E-state index is 12.9. The Bertz CT molecular complexity index is 1160. The molecule has 3 aromatic rings. The number of esters is 1. The third kappa shape index (κ3) is 2.79. The molecule has 2 aliphatic rings. The van der Waals surface area contributed by atoms with E-state index in [1.807, 2.05) is 41.0 Å². The highest BCUT2D eigenvalue weighted by Gasteiger charge is 2.44. The van der Waals surface area contributed by atoms with Crippen molar-refractivity contribution in [2.45, 2.75) is 18.6 Å². The molecule has 2 atom stereocenters. The molecule has 2 aromatic carbocycles. The lowest BCUT2D eigenvalue weighted by Gasteiger charge is -2.40. The van der Waals surface area contributed by atoms with Gasteiger partial charge in [-0.05, 0) is 29.8 Å². The Balaban J connectivity index is 1.75. The fourth-order valence-electron chi connectivity index (χ4n) is 4.16. The van der Waals surface area contributed by atoms with E-state index in [0.717, 1.165) is 16.6 Å². The van der Waals surface area contributed by atoms with E-state index in [1.165, 1.54) is 12.0 Å². The second-order valence-corrected chi connectivity index (χ2v) is 7.33. The van der Waals surface area contributed by atoms with E-state index in [9.17, 15) is 9.59 Å². The van der Waals surface area contributed by atoms with Crippen molar-refractivity contribution in [1.29, 1.82) is 0 Å². The number of ether oxygens (including phenoxy) is 3. The van der Waals surface area contributed by atoms with E-state index >= 15 is 0 Å². The van der Waals surface area contributed by atoms with Crippen LogP contribution in [0.2, 0.25) is 0 Å². The van der Waals surface area contributed by atoms with Crippen LogP contribution in [-0.2, 0) is 20.9 Å². The van der Waals surface area contributed by atoms with Crippen LogP contribution in [0, 0.1) is 0 Å². The molecular formula is C21H18ClN3O5. The molecule has 0 saturated heterocycles. The lowest BCUT2D eigenvalue weighted by molar-refractivity contribution is -0.155. The average Bonchev–Trinajstić information content (AvgIpc) is 3.40. The summed E-state index contributed by atoms with van der Waals surface area (Å²) in [5.41, 5.74) is 2.40. The summed E-state index contributed by atoms with van der Waals surface area (Å²) in [6, 6.07) is 11.6. The number of nitrogens with zero attached hydrogens (tertiary/aromatic N) is 3. The highest BCUT2D eigenvalue weighted by molar-refractivity contribution is 6.27. The number of hydrogen-bond acceptors (Lipinski definition) is 6. The molecule has 154 valence electrons. The van der Waals surface area contributed by atoms with Crippen molar-refractivity contribution in [3.8, 4) is 11.5 Å². The summed E-state index contributed by atoms with van der Waals surface area (Å²) >= 11 is 5.94. The fraction of sp³-hybridized carbons (Fsp3) is 0.286. The van der Waals surface area contributed by atoms with Gasteiger partial charge in [0.15, 0.2) is 11.5 Å². The van der Waals surface area contributed by atoms with Crippen molar-refractivity contribution in [2.75, 3.05) is 19.8 Å². The minimum atomic E-state index is -0.846. The van der Waals surface area contributed by atoms with Gasteiger partial charge in [0.05, 0.1) is 24.7 Å². The molecule has 2 unspecified atom stereocenters. The van der Waals surface area contributed by atoms with Gasteiger partial charge in [0.2, 0.25) is 12.7 Å². The lowest BCUT2D eigenvalue weighted by atomic mass is 9.98. The standard InChI is InChI=1S/C21H18ClN3O5/c1-28-21(27)15-10-24-14-5-3-2-4-13(14)23-20(24)19(25(15)18(26)9-22)12-6-7-16-17(8-12)30-11-29-16/h2-8,15,19H,9-11H2,1H3. The minimum Gasteiger partial charge on any atom is -0.467 e. The van der Waals surface area contributed by atoms with Crippen LogP contribution >= 0.6 is 11.6 Å². The maximum atomic E-state index is 12.9. The zero-order valence-electron chi connectivity index (χ0n) is 16.1. The van der Waals surface area contributed by atoms with Gasteiger partial charge in [0.1, 0.15) is 23.8 Å². The Morgan fingerprint density at radius 3 is 2.80 bits per heavy atom. The first kappa shape index (κ1) is 18.7. The smallest absolute Gasteiger partial charge is 0.330 e. The predicted octanol–water partition coefficient (Wildman–Crippen LogP) is 2.48. The first-order valence-electron chi connectivity index (χ1n) is 9.42. The third-order valence-corrected chi connectivity index (χ3v) is 5.71. The molecule has 0 aliphatic carbocycles. The number of carbonyl (C=O) groups excluding carboxylic acids is 2. The number of amides is 1. The van der Waals surface area contributed by atoms with E-state index in [-0.39, 0.29) is 25.1 Å². The number of carbonyl (C=O) groups is 2. The van der Waals surface area contributed by atoms with Gasteiger partial charge in [0, 0.05) is 0 Å². The van der Waals surface area contributed by atoms with Crippen molar-refractivity contribution in [1.82, 2.24) is 14.5 Å². The summed E-state index contributed by atoms with van der Waals surface area (Å²) in [6.45, 7) is 0.364. The highest BCUT2D eigenvalue weighted by atomic mass is 35.5. The van der Waals surface area contributed by atoms with E-state index in [2.05, 4.69) is 0 Å². The van der Waals surface area contributed by atoms with Crippen LogP contribution in [0.25, 0.3) is 11.0 Å². The van der Waals surface area contributed by atoms with Gasteiger partial charge in [-0.15, -0.1) is 11.6 Å². The summed E-state index contributed by atoms with van der Waals surface area (Å²) in [7, 11) is 1.31. The normalized spacial score (nSPS) is 19.6. The highest BCUT2D eigenvalue weighted by Crippen LogP contribution is 2.41. The van der Waals surface area contributed by atoms with Gasteiger partial charge in [-0.3, -0.25) is 4.79 Å². The summed E-state index contributed by atoms with van der Waals surface area (Å²) in [4.78, 5) is 31.9. The van der Waals surface area contributed by atoms with Gasteiger partial charge in [-0.25, -0.2) is 9.78 Å². The van der Waals surface area contributed by atoms with Crippen molar-refractivity contribution in [3.05, 3.63) is 53.9 Å². The quantitative estimate of drug-likeness (QED) is 0.471. The number of imidazole rings is 1. The number of halogens is 1. The fourth-order valence-corrected chi connectivity index (χ4v) is 4.30. The second-order valence-electron chi connectivity index (χ2n) is 7.06. The Kier molecular flexibility index (Phi) is 4.51. The monoisotopic (exact) mass is 427 g/mol. The van der Waals surface area contributed by atoms with Crippen molar-refractivity contribution >= 4 is 34.5 Å². The predicted molar refractivity (Wildman–Crippen MR) is 108 cm³/mol. The number of para-hydroxylation sites is 2. The second kappa shape index (κ2) is 7.21. The van der Waals surface area contributed by atoms with Crippen LogP contribution in [0.4, 0.5) is 0 Å². The number of alkyl halides is 1. The zero-order valence-corrected chi connectivity index (χ0v) is 16.8. The van der Waals surface area contributed by atoms with Crippen LogP contribution in [0.3, 0.4) is 0 Å². The number of methoxy groups -OCH3 is 1. The van der Waals surface area contributed by atoms with Crippen molar-refractivity contribution in [3.63, 3.8) is 0 Å².